The molecule has 0 spiro atoms. The highest BCUT2D eigenvalue weighted by Gasteiger charge is 2.10. The van der Waals surface area contributed by atoms with Gasteiger partial charge in [0.25, 0.3) is 0 Å². The molecule has 0 aliphatic carbocycles. The van der Waals surface area contributed by atoms with Crippen LogP contribution < -0.4 is 5.32 Å². The number of nitrogens with one attached hydrogen (secondary N) is 1. The molecule has 2 rings (SSSR count). The Labute approximate surface area is 176 Å². The van der Waals surface area contributed by atoms with Gasteiger partial charge in [0.05, 0.1) is 0 Å². The van der Waals surface area contributed by atoms with E-state index in [1.165, 1.54) is 0 Å². The summed E-state index contributed by atoms with van der Waals surface area (Å²) in [5.74, 6) is 0.787. The van der Waals surface area contributed by atoms with Gasteiger partial charge >= 0.3 is 0 Å². The molecular formula is C26H34N2O. The second-order valence-corrected chi connectivity index (χ2v) is 5.83. The van der Waals surface area contributed by atoms with Crippen molar-refractivity contribution < 1.29 is 4.79 Å². The van der Waals surface area contributed by atoms with E-state index in [1.807, 2.05) is 101 Å². The molecule has 0 heterocycles. The Morgan fingerprint density at radius 3 is 2.10 bits per heavy atom. The number of amidine groups is 1. The molecule has 0 bridgehead atoms. The van der Waals surface area contributed by atoms with Gasteiger partial charge in [0.1, 0.15) is 5.84 Å². The van der Waals surface area contributed by atoms with Crippen LogP contribution in [0.3, 0.4) is 0 Å². The lowest BCUT2D eigenvalue weighted by molar-refractivity contribution is 0.103. The summed E-state index contributed by atoms with van der Waals surface area (Å²) >= 11 is 0. The molecule has 0 fully saturated rings. The zero-order valence-corrected chi connectivity index (χ0v) is 18.6. The molecule has 0 aliphatic heterocycles. The Morgan fingerprint density at radius 2 is 1.59 bits per heavy atom. The number of carbonyl (C=O) groups is 1. The van der Waals surface area contributed by atoms with Gasteiger partial charge in [-0.05, 0) is 32.9 Å². The third kappa shape index (κ3) is 8.56. The average molecular weight is 391 g/mol. The first-order valence-electron chi connectivity index (χ1n) is 9.80. The summed E-state index contributed by atoms with van der Waals surface area (Å²) in [4.78, 5) is 17.0. The van der Waals surface area contributed by atoms with Crippen molar-refractivity contribution in [1.29, 1.82) is 0 Å². The second kappa shape index (κ2) is 14.8. The molecule has 0 aromatic heterocycles. The number of aliphatic imine (C=N–C) groups is 1. The smallest absolute Gasteiger partial charge is 0.192 e. The molecule has 2 aromatic rings. The van der Waals surface area contributed by atoms with Crippen LogP contribution in [0, 0.1) is 6.92 Å². The van der Waals surface area contributed by atoms with E-state index in [1.54, 1.807) is 7.05 Å². The number of aryl methyl sites for hydroxylation is 1. The maximum Gasteiger partial charge on any atom is 0.192 e. The van der Waals surface area contributed by atoms with Gasteiger partial charge in [-0.1, -0.05) is 74.0 Å². The van der Waals surface area contributed by atoms with Crippen LogP contribution >= 0.6 is 0 Å². The first-order valence-corrected chi connectivity index (χ1v) is 9.80. The highest BCUT2D eigenvalue weighted by Crippen LogP contribution is 2.13. The normalized spacial score (nSPS) is 11.4. The molecule has 3 nitrogen and oxygen atoms in total. The summed E-state index contributed by atoms with van der Waals surface area (Å²) < 4.78 is 0. The lowest BCUT2D eigenvalue weighted by Gasteiger charge is -2.11. The fraction of sp³-hybridized carbons (Fsp3) is 0.231. The molecule has 0 amide bonds. The molecule has 29 heavy (non-hydrogen) atoms. The Kier molecular flexibility index (Phi) is 13.2. The highest BCUT2D eigenvalue weighted by atomic mass is 16.1. The van der Waals surface area contributed by atoms with Crippen molar-refractivity contribution in [3.8, 4) is 0 Å². The van der Waals surface area contributed by atoms with E-state index in [4.69, 9.17) is 0 Å². The molecule has 2 aromatic carbocycles. The van der Waals surface area contributed by atoms with Gasteiger partial charge in [0.2, 0.25) is 0 Å². The predicted molar refractivity (Wildman–Crippen MR) is 128 cm³/mol. The molecule has 3 heteroatoms. The van der Waals surface area contributed by atoms with E-state index in [-0.39, 0.29) is 5.78 Å². The van der Waals surface area contributed by atoms with Crippen LogP contribution in [-0.2, 0) is 0 Å². The number of nitrogens with zero attached hydrogens (tertiary/aromatic N) is 1. The summed E-state index contributed by atoms with van der Waals surface area (Å²) in [5.41, 5.74) is 4.29. The molecule has 0 saturated heterocycles. The van der Waals surface area contributed by atoms with Gasteiger partial charge in [-0.3, -0.25) is 9.79 Å². The summed E-state index contributed by atoms with van der Waals surface area (Å²) in [7, 11) is 1.75. The van der Waals surface area contributed by atoms with Crippen LogP contribution in [0.2, 0.25) is 0 Å². The Morgan fingerprint density at radius 1 is 1.00 bits per heavy atom. The van der Waals surface area contributed by atoms with Crippen LogP contribution in [0.4, 0.5) is 0 Å². The molecule has 0 saturated carbocycles. The van der Waals surface area contributed by atoms with Gasteiger partial charge in [-0.15, -0.1) is 13.2 Å². The SMILES string of the molecule is C/C=C(\C=C(/C)NC(=NC)c1ccccc1)C(=O)c1cccc(C)c1.C=C.CC. The number of ketones is 1. The van der Waals surface area contributed by atoms with Crippen molar-refractivity contribution in [2.24, 2.45) is 4.99 Å². The molecule has 154 valence electrons. The molecule has 1 N–H and O–H groups in total. The monoisotopic (exact) mass is 390 g/mol. The Hall–Kier alpha value is -3.20. The minimum atomic E-state index is 0.0158. The van der Waals surface area contributed by atoms with Crippen molar-refractivity contribution in [3.05, 3.63) is 108 Å². The summed E-state index contributed by atoms with van der Waals surface area (Å²) in [6, 6.07) is 17.6. The van der Waals surface area contributed by atoms with E-state index in [2.05, 4.69) is 23.5 Å². The molecular weight excluding hydrogens is 356 g/mol. The standard InChI is InChI=1S/C22H24N2O.C2H6.C2H4/c1-5-18(21(25)20-13-9-10-16(2)14-20)15-17(3)24-22(23-4)19-11-7-6-8-12-19;2*1-2/h5-15H,1-4H3,(H,23,24);1-2H3;1-2H2/b17-15+,18-5+;;. The Bertz CT molecular complexity index is 846. The lowest BCUT2D eigenvalue weighted by Crippen LogP contribution is -2.23. The van der Waals surface area contributed by atoms with Crippen molar-refractivity contribution in [2.75, 3.05) is 7.05 Å². The average Bonchev–Trinajstić information content (AvgIpc) is 2.78. The van der Waals surface area contributed by atoms with Crippen LogP contribution in [0.15, 0.2) is 96.2 Å². The fourth-order valence-corrected chi connectivity index (χ4v) is 2.54. The van der Waals surface area contributed by atoms with Crippen LogP contribution in [0.5, 0.6) is 0 Å². The first-order chi connectivity index (χ1) is 14.0. The highest BCUT2D eigenvalue weighted by molar-refractivity contribution is 6.10. The van der Waals surface area contributed by atoms with Gasteiger partial charge in [0, 0.05) is 29.4 Å². The third-order valence-corrected chi connectivity index (χ3v) is 3.81. The fourth-order valence-electron chi connectivity index (χ4n) is 2.54. The topological polar surface area (TPSA) is 41.5 Å². The van der Waals surface area contributed by atoms with E-state index in [0.29, 0.717) is 11.1 Å². The number of benzene rings is 2. The number of rotatable bonds is 5. The number of carbonyl (C=O) groups excluding carboxylic acids is 1. The van der Waals surface area contributed by atoms with Crippen molar-refractivity contribution in [2.45, 2.75) is 34.6 Å². The maximum atomic E-state index is 12.7. The quantitative estimate of drug-likeness (QED) is 0.158. The summed E-state index contributed by atoms with van der Waals surface area (Å²) in [6.45, 7) is 15.8. The number of hydrogen-bond acceptors (Lipinski definition) is 2. The number of hydrogen-bond donors (Lipinski definition) is 1. The number of allylic oxidation sites excluding steroid dienone is 4. The second-order valence-electron chi connectivity index (χ2n) is 5.83. The number of Topliss-reactive ketones (excluding diaryl/α,β-unsaturated/α-hetero) is 1. The van der Waals surface area contributed by atoms with Crippen molar-refractivity contribution in [1.82, 2.24) is 5.32 Å². The van der Waals surface area contributed by atoms with Gasteiger partial charge in [-0.2, -0.15) is 0 Å². The van der Waals surface area contributed by atoms with Crippen LogP contribution in [0.25, 0.3) is 0 Å². The van der Waals surface area contributed by atoms with Crippen LogP contribution in [0.1, 0.15) is 49.2 Å². The van der Waals surface area contributed by atoms with Gasteiger partial charge < -0.3 is 5.32 Å². The zero-order valence-electron chi connectivity index (χ0n) is 18.6. The minimum absolute atomic E-state index is 0.0158. The summed E-state index contributed by atoms with van der Waals surface area (Å²) in [5, 5.41) is 3.28. The first kappa shape index (κ1) is 25.8. The molecule has 0 atom stereocenters. The molecule has 0 aliphatic rings. The van der Waals surface area contributed by atoms with E-state index < -0.39 is 0 Å². The molecule has 0 radical (unpaired) electrons. The van der Waals surface area contributed by atoms with Gasteiger partial charge in [-0.25, -0.2) is 0 Å². The van der Waals surface area contributed by atoms with Crippen molar-refractivity contribution in [3.63, 3.8) is 0 Å². The maximum absolute atomic E-state index is 12.7. The Balaban J connectivity index is 0.00000184. The third-order valence-electron chi connectivity index (χ3n) is 3.81. The van der Waals surface area contributed by atoms with E-state index in [0.717, 1.165) is 22.7 Å². The van der Waals surface area contributed by atoms with Crippen LogP contribution in [-0.4, -0.2) is 18.7 Å². The zero-order chi connectivity index (χ0) is 22.2. The lowest BCUT2D eigenvalue weighted by atomic mass is 10.0. The van der Waals surface area contributed by atoms with E-state index >= 15 is 0 Å². The van der Waals surface area contributed by atoms with Crippen molar-refractivity contribution >= 4 is 11.6 Å². The largest absolute Gasteiger partial charge is 0.344 e. The summed E-state index contributed by atoms with van der Waals surface area (Å²) in [6.07, 6.45) is 3.69. The minimum Gasteiger partial charge on any atom is -0.344 e. The van der Waals surface area contributed by atoms with E-state index in [9.17, 15) is 4.79 Å². The van der Waals surface area contributed by atoms with Gasteiger partial charge in [0.15, 0.2) is 5.78 Å². The predicted octanol–water partition coefficient (Wildman–Crippen LogP) is 6.52. The molecule has 0 unspecified atom stereocenters.